The van der Waals surface area contributed by atoms with Crippen LogP contribution in [0.3, 0.4) is 0 Å². The number of carbonyl (C=O) groups is 2. The lowest BCUT2D eigenvalue weighted by molar-refractivity contribution is -0.126. The summed E-state index contributed by atoms with van der Waals surface area (Å²) in [7, 11) is 1.80. The summed E-state index contributed by atoms with van der Waals surface area (Å²) >= 11 is 0. The van der Waals surface area contributed by atoms with E-state index in [1.54, 1.807) is 11.9 Å². The summed E-state index contributed by atoms with van der Waals surface area (Å²) in [6, 6.07) is 17.0. The summed E-state index contributed by atoms with van der Waals surface area (Å²) in [6.45, 7) is 2.33. The van der Waals surface area contributed by atoms with Crippen molar-refractivity contribution in [2.45, 2.75) is 13.0 Å². The molecule has 0 bridgehead atoms. The number of carbonyl (C=O) groups excluding carboxylic acids is 2. The van der Waals surface area contributed by atoms with E-state index in [-0.39, 0.29) is 23.9 Å². The van der Waals surface area contributed by atoms with E-state index >= 15 is 0 Å². The third-order valence-corrected chi connectivity index (χ3v) is 5.61. The Hall–Kier alpha value is -3.60. The number of aryl methyl sites for hydroxylation is 1. The van der Waals surface area contributed by atoms with Crippen LogP contribution in [-0.4, -0.2) is 36.5 Å². The Morgan fingerprint density at radius 1 is 1.07 bits per heavy atom. The molecule has 0 fully saturated rings. The lowest BCUT2D eigenvalue weighted by Gasteiger charge is -2.40. The average molecular weight is 399 g/mol. The molecule has 0 saturated carbocycles. The van der Waals surface area contributed by atoms with E-state index in [0.29, 0.717) is 6.54 Å². The number of allylic oxidation sites excluding steroid dienone is 3. The maximum Gasteiger partial charge on any atom is 0.319 e. The number of benzene rings is 2. The number of nitrogens with one attached hydrogen (secondary N) is 2. The van der Waals surface area contributed by atoms with Crippen molar-refractivity contribution < 1.29 is 9.59 Å². The van der Waals surface area contributed by atoms with Gasteiger partial charge >= 0.3 is 6.03 Å². The van der Waals surface area contributed by atoms with Gasteiger partial charge in [0.15, 0.2) is 0 Å². The molecule has 3 amide bonds. The highest BCUT2D eigenvalue weighted by Gasteiger charge is 2.38. The summed E-state index contributed by atoms with van der Waals surface area (Å²) in [5.41, 5.74) is 4.46. The number of likely N-dealkylation sites (N-methyl/N-ethyl adjacent to an activating group) is 1. The molecule has 2 N–H and O–H groups in total. The highest BCUT2D eigenvalue weighted by Crippen LogP contribution is 2.37. The molecule has 1 heterocycles. The van der Waals surface area contributed by atoms with Crippen LogP contribution in [0.1, 0.15) is 11.1 Å². The molecule has 1 aliphatic carbocycles. The second kappa shape index (κ2) is 8.41. The molecule has 0 spiro atoms. The Morgan fingerprint density at radius 2 is 1.87 bits per heavy atom. The summed E-state index contributed by atoms with van der Waals surface area (Å²) in [4.78, 5) is 27.4. The summed E-state index contributed by atoms with van der Waals surface area (Å²) < 4.78 is 0. The fourth-order valence-corrected chi connectivity index (χ4v) is 4.09. The summed E-state index contributed by atoms with van der Waals surface area (Å²) in [6.07, 6.45) is 8.08. The molecular weight excluding hydrogens is 374 g/mol. The Balaban J connectivity index is 1.54. The molecule has 2 aromatic carbocycles. The molecule has 4 rings (SSSR count). The third kappa shape index (κ3) is 3.92. The van der Waals surface area contributed by atoms with E-state index < -0.39 is 0 Å². The third-order valence-electron chi connectivity index (χ3n) is 5.61. The van der Waals surface area contributed by atoms with Crippen molar-refractivity contribution in [3.63, 3.8) is 0 Å². The van der Waals surface area contributed by atoms with Crippen LogP contribution in [0, 0.1) is 12.8 Å². The largest absolute Gasteiger partial charge is 0.336 e. The van der Waals surface area contributed by atoms with Crippen molar-refractivity contribution in [2.24, 2.45) is 5.92 Å². The minimum Gasteiger partial charge on any atom is -0.336 e. The van der Waals surface area contributed by atoms with Crippen LogP contribution in [0.25, 0.3) is 5.57 Å². The minimum absolute atomic E-state index is 0.0205. The number of hydrogen-bond donors (Lipinski definition) is 2. The van der Waals surface area contributed by atoms with Crippen LogP contribution < -0.4 is 10.6 Å². The van der Waals surface area contributed by atoms with Crippen molar-refractivity contribution in [3.8, 4) is 0 Å². The van der Waals surface area contributed by atoms with Crippen LogP contribution in [0.15, 0.2) is 84.5 Å². The number of nitrogens with zero attached hydrogens (tertiary/aromatic N) is 1. The molecule has 0 saturated heterocycles. The van der Waals surface area contributed by atoms with Gasteiger partial charge in [-0.1, -0.05) is 66.8 Å². The van der Waals surface area contributed by atoms with Crippen LogP contribution in [0.4, 0.5) is 10.5 Å². The molecule has 2 aliphatic rings. The minimum atomic E-state index is -0.281. The van der Waals surface area contributed by atoms with Crippen LogP contribution >= 0.6 is 0 Å². The van der Waals surface area contributed by atoms with Crippen LogP contribution in [0.2, 0.25) is 0 Å². The lowest BCUT2D eigenvalue weighted by Crippen LogP contribution is -2.52. The highest BCUT2D eigenvalue weighted by atomic mass is 16.2. The first kappa shape index (κ1) is 19.7. The van der Waals surface area contributed by atoms with Crippen LogP contribution in [0.5, 0.6) is 0 Å². The van der Waals surface area contributed by atoms with Crippen molar-refractivity contribution >= 4 is 23.2 Å². The predicted octanol–water partition coefficient (Wildman–Crippen LogP) is 4.15. The number of hydrogen-bond acceptors (Lipinski definition) is 2. The molecule has 2 atom stereocenters. The maximum absolute atomic E-state index is 13.2. The van der Waals surface area contributed by atoms with Gasteiger partial charge in [0.1, 0.15) is 0 Å². The second-order valence-corrected chi connectivity index (χ2v) is 7.65. The first-order valence-electron chi connectivity index (χ1n) is 10.1. The molecule has 2 aromatic rings. The van der Waals surface area contributed by atoms with Crippen LogP contribution in [-0.2, 0) is 4.79 Å². The zero-order valence-corrected chi connectivity index (χ0v) is 17.1. The first-order valence-corrected chi connectivity index (χ1v) is 10.1. The standard InChI is InChI=1S/C25H25N3O2/c1-17-9-8-12-19(15-17)27-25(30)26-16-22-20-13-6-7-14-21(20)23(24(29)28(22)2)18-10-4-3-5-11-18/h3-15,20,22H,16H2,1-2H3,(H2,26,27,30). The Kier molecular flexibility index (Phi) is 5.53. The predicted molar refractivity (Wildman–Crippen MR) is 120 cm³/mol. The molecule has 5 nitrogen and oxygen atoms in total. The fourth-order valence-electron chi connectivity index (χ4n) is 4.09. The fraction of sp³-hybridized carbons (Fsp3) is 0.200. The summed E-state index contributed by atoms with van der Waals surface area (Å²) in [5.74, 6) is -0.00883. The highest BCUT2D eigenvalue weighted by molar-refractivity contribution is 6.22. The van der Waals surface area contributed by atoms with Crippen molar-refractivity contribution in [2.75, 3.05) is 18.9 Å². The molecule has 0 aromatic heterocycles. The van der Waals surface area contributed by atoms with E-state index in [4.69, 9.17) is 0 Å². The number of amides is 3. The first-order chi connectivity index (χ1) is 14.5. The molecule has 0 radical (unpaired) electrons. The van der Waals surface area contributed by atoms with Gasteiger partial charge in [-0.2, -0.15) is 0 Å². The van der Waals surface area contributed by atoms with Gasteiger partial charge in [-0.05, 0) is 35.8 Å². The number of anilines is 1. The molecule has 1 aliphatic heterocycles. The maximum atomic E-state index is 13.2. The Labute approximate surface area is 176 Å². The Morgan fingerprint density at radius 3 is 2.63 bits per heavy atom. The van der Waals surface area contributed by atoms with Gasteiger partial charge in [0, 0.05) is 25.2 Å². The smallest absolute Gasteiger partial charge is 0.319 e. The molecular formula is C25H25N3O2. The van der Waals surface area contributed by atoms with E-state index in [1.165, 1.54) is 0 Å². The number of fused-ring (bicyclic) bond motifs is 1. The lowest BCUT2D eigenvalue weighted by atomic mass is 9.78. The van der Waals surface area contributed by atoms with Gasteiger partial charge < -0.3 is 15.5 Å². The van der Waals surface area contributed by atoms with Crippen molar-refractivity contribution in [3.05, 3.63) is 95.6 Å². The van der Waals surface area contributed by atoms with E-state index in [9.17, 15) is 9.59 Å². The van der Waals surface area contributed by atoms with Gasteiger partial charge in [-0.15, -0.1) is 0 Å². The second-order valence-electron chi connectivity index (χ2n) is 7.65. The normalized spacial score (nSPS) is 20.2. The topological polar surface area (TPSA) is 61.4 Å². The van der Waals surface area contributed by atoms with Gasteiger partial charge in [0.2, 0.25) is 0 Å². The molecule has 5 heteroatoms. The average Bonchev–Trinajstić information content (AvgIpc) is 2.75. The zero-order valence-electron chi connectivity index (χ0n) is 17.1. The van der Waals surface area contributed by atoms with Crippen molar-refractivity contribution in [1.29, 1.82) is 0 Å². The zero-order chi connectivity index (χ0) is 21.1. The quantitative estimate of drug-likeness (QED) is 0.811. The number of rotatable bonds is 4. The van der Waals surface area contributed by atoms with E-state index in [1.807, 2.05) is 79.7 Å². The monoisotopic (exact) mass is 399 g/mol. The van der Waals surface area contributed by atoms with Gasteiger partial charge in [-0.25, -0.2) is 4.79 Å². The molecule has 152 valence electrons. The van der Waals surface area contributed by atoms with Gasteiger partial charge in [0.25, 0.3) is 5.91 Å². The SMILES string of the molecule is Cc1cccc(NC(=O)NCC2C3C=CC=CC3=C(c3ccccc3)C(=O)N2C)c1. The molecule has 30 heavy (non-hydrogen) atoms. The van der Waals surface area contributed by atoms with E-state index in [2.05, 4.69) is 16.7 Å². The molecule has 2 unspecified atom stereocenters. The van der Waals surface area contributed by atoms with Gasteiger partial charge in [-0.3, -0.25) is 4.79 Å². The van der Waals surface area contributed by atoms with Gasteiger partial charge in [0.05, 0.1) is 11.6 Å². The summed E-state index contributed by atoms with van der Waals surface area (Å²) in [5, 5.41) is 5.79. The van der Waals surface area contributed by atoms with E-state index in [0.717, 1.165) is 28.0 Å². The number of urea groups is 1. The Bertz CT molecular complexity index is 1050. The van der Waals surface area contributed by atoms with Crippen molar-refractivity contribution in [1.82, 2.24) is 10.2 Å².